The molecule has 0 radical (unpaired) electrons. The Balaban J connectivity index is 0.954. The van der Waals surface area contributed by atoms with Gasteiger partial charge in [0.05, 0.1) is 10.4 Å². The Kier molecular flexibility index (Phi) is 9.83. The number of aromatic nitrogens is 1. The van der Waals surface area contributed by atoms with E-state index in [0.29, 0.717) is 23.2 Å². The van der Waals surface area contributed by atoms with Crippen LogP contribution < -0.4 is 4.90 Å². The van der Waals surface area contributed by atoms with Crippen LogP contribution in [0.3, 0.4) is 0 Å². The predicted molar refractivity (Wildman–Crippen MR) is 154 cm³/mol. The van der Waals surface area contributed by atoms with Crippen LogP contribution in [0.2, 0.25) is 5.02 Å². The third-order valence-electron chi connectivity index (χ3n) is 9.77. The van der Waals surface area contributed by atoms with E-state index < -0.39 is 5.82 Å². The molecule has 3 fully saturated rings. The molecule has 1 atom stereocenters. The third-order valence-corrected chi connectivity index (χ3v) is 10.1. The Morgan fingerprint density at radius 3 is 2.46 bits per heavy atom. The van der Waals surface area contributed by atoms with Gasteiger partial charge in [-0.2, -0.15) is 0 Å². The number of ketones is 1. The molecule has 1 saturated heterocycles. The smallest absolute Gasteiger partial charge is 0.180 e. The van der Waals surface area contributed by atoms with Crippen LogP contribution in [0.15, 0.2) is 16.7 Å². The number of piperazine rings is 1. The number of fused-ring (bicyclic) bond motifs is 1. The Hall–Kier alpha value is -1.70. The molecule has 0 spiro atoms. The van der Waals surface area contributed by atoms with Crippen LogP contribution in [0.5, 0.6) is 0 Å². The van der Waals surface area contributed by atoms with Crippen LogP contribution in [0, 0.1) is 35.4 Å². The Morgan fingerprint density at radius 1 is 1.08 bits per heavy atom. The Bertz CT molecular complexity index is 1090. The molecule has 0 N–H and O–H groups in total. The molecule has 5 rings (SSSR count). The number of methoxy groups -OCH3 is 1. The maximum Gasteiger partial charge on any atom is 0.180 e. The summed E-state index contributed by atoms with van der Waals surface area (Å²) in [7, 11) is 1.77. The average Bonchev–Trinajstić information content (AvgIpc) is 3.32. The van der Waals surface area contributed by atoms with E-state index in [1.54, 1.807) is 13.2 Å². The molecule has 39 heavy (non-hydrogen) atoms. The van der Waals surface area contributed by atoms with Gasteiger partial charge in [0.2, 0.25) is 0 Å². The number of ether oxygens (including phenoxy) is 1. The van der Waals surface area contributed by atoms with Gasteiger partial charge in [-0.15, -0.1) is 0 Å². The largest absolute Gasteiger partial charge is 0.384 e. The maximum absolute atomic E-state index is 13.7. The molecule has 0 amide bonds. The van der Waals surface area contributed by atoms with E-state index in [2.05, 4.69) is 21.9 Å². The lowest BCUT2D eigenvalue weighted by atomic mass is 9.71. The van der Waals surface area contributed by atoms with Crippen molar-refractivity contribution < 1.29 is 18.4 Å². The molecule has 2 aromatic rings. The van der Waals surface area contributed by atoms with E-state index >= 15 is 0 Å². The second-order valence-electron chi connectivity index (χ2n) is 12.6. The number of carbonyl (C=O) groups excluding carboxylic acids is 1. The van der Waals surface area contributed by atoms with Crippen molar-refractivity contribution in [2.24, 2.45) is 29.6 Å². The molecular weight excluding hydrogens is 517 g/mol. The summed E-state index contributed by atoms with van der Waals surface area (Å²) in [6, 6.07) is 2.93. The molecule has 1 aromatic carbocycles. The van der Waals surface area contributed by atoms with E-state index in [0.717, 1.165) is 75.2 Å². The molecule has 1 aromatic heterocycles. The minimum atomic E-state index is -0.480. The van der Waals surface area contributed by atoms with Crippen molar-refractivity contribution in [3.8, 4) is 0 Å². The predicted octanol–water partition coefficient (Wildman–Crippen LogP) is 6.99. The summed E-state index contributed by atoms with van der Waals surface area (Å²) >= 11 is 5.99. The van der Waals surface area contributed by atoms with Gasteiger partial charge in [0, 0.05) is 58.3 Å². The lowest BCUT2D eigenvalue weighted by Gasteiger charge is -2.36. The van der Waals surface area contributed by atoms with Gasteiger partial charge in [-0.25, -0.2) is 4.39 Å². The monoisotopic (exact) mass is 561 g/mol. The Labute approximate surface area is 237 Å². The summed E-state index contributed by atoms with van der Waals surface area (Å²) in [5, 5.41) is 5.08. The lowest BCUT2D eigenvalue weighted by Crippen LogP contribution is -2.47. The number of nitrogens with zero attached hydrogens (tertiary/aromatic N) is 3. The van der Waals surface area contributed by atoms with E-state index in [1.165, 1.54) is 57.4 Å². The summed E-state index contributed by atoms with van der Waals surface area (Å²) in [6.45, 7) is 7.92. The van der Waals surface area contributed by atoms with Crippen molar-refractivity contribution in [2.45, 2.75) is 71.1 Å². The summed E-state index contributed by atoms with van der Waals surface area (Å²) in [5.74, 6) is 3.89. The lowest BCUT2D eigenvalue weighted by molar-refractivity contribution is -0.124. The van der Waals surface area contributed by atoms with Crippen LogP contribution in [0.1, 0.15) is 71.1 Å². The number of hydrogen-bond donors (Lipinski definition) is 0. The van der Waals surface area contributed by atoms with Crippen LogP contribution in [-0.2, 0) is 9.53 Å². The zero-order valence-electron chi connectivity index (χ0n) is 23.7. The van der Waals surface area contributed by atoms with E-state index in [1.807, 2.05) is 0 Å². The fourth-order valence-electron chi connectivity index (χ4n) is 7.05. The van der Waals surface area contributed by atoms with Crippen LogP contribution >= 0.6 is 11.6 Å². The number of hydrogen-bond acceptors (Lipinski definition) is 6. The molecule has 8 heteroatoms. The fraction of sp³-hybridized carbons (Fsp3) is 0.742. The molecular formula is C31H45ClFN3O3. The molecule has 2 heterocycles. The van der Waals surface area contributed by atoms with Gasteiger partial charge in [0.1, 0.15) is 11.6 Å². The van der Waals surface area contributed by atoms with Gasteiger partial charge in [-0.1, -0.05) is 49.4 Å². The zero-order chi connectivity index (χ0) is 27.4. The number of Topliss-reactive ketones (excluding diaryl/α,β-unsaturated/α-hetero) is 1. The molecule has 2 aliphatic carbocycles. The highest BCUT2D eigenvalue weighted by Crippen LogP contribution is 2.38. The van der Waals surface area contributed by atoms with Crippen molar-refractivity contribution in [3.63, 3.8) is 0 Å². The molecule has 1 aliphatic heterocycles. The van der Waals surface area contributed by atoms with Crippen molar-refractivity contribution in [3.05, 3.63) is 23.0 Å². The normalized spacial score (nSPS) is 27.0. The SMILES string of the molecule is COCC1CC(CC(=O)C(C)CCC2CCC(CCN3CCN(c4noc5cc(F)c(Cl)cc45)CC3)CC2)C1. The number of anilines is 1. The maximum atomic E-state index is 13.7. The molecule has 0 bridgehead atoms. The van der Waals surface area contributed by atoms with Crippen molar-refractivity contribution in [2.75, 3.05) is 51.3 Å². The summed E-state index contributed by atoms with van der Waals surface area (Å²) in [5.41, 5.74) is 0.441. The first-order valence-corrected chi connectivity index (χ1v) is 15.5. The van der Waals surface area contributed by atoms with Gasteiger partial charge >= 0.3 is 0 Å². The average molecular weight is 562 g/mol. The molecule has 1 unspecified atom stereocenters. The van der Waals surface area contributed by atoms with E-state index in [4.69, 9.17) is 20.9 Å². The van der Waals surface area contributed by atoms with Crippen molar-refractivity contribution >= 4 is 34.2 Å². The van der Waals surface area contributed by atoms with Gasteiger partial charge in [0.15, 0.2) is 11.4 Å². The summed E-state index contributed by atoms with van der Waals surface area (Å²) in [6.07, 6.45) is 12.0. The van der Waals surface area contributed by atoms with Crippen LogP contribution in [0.4, 0.5) is 10.2 Å². The highest BCUT2D eigenvalue weighted by Gasteiger charge is 2.32. The number of halogens is 2. The quantitative estimate of drug-likeness (QED) is 0.278. The van der Waals surface area contributed by atoms with Gasteiger partial charge in [-0.05, 0) is 68.4 Å². The van der Waals surface area contributed by atoms with Gasteiger partial charge < -0.3 is 14.2 Å². The zero-order valence-corrected chi connectivity index (χ0v) is 24.4. The molecule has 216 valence electrons. The minimum Gasteiger partial charge on any atom is -0.384 e. The topological polar surface area (TPSA) is 58.8 Å². The second kappa shape index (κ2) is 13.3. The second-order valence-corrected chi connectivity index (χ2v) is 13.0. The van der Waals surface area contributed by atoms with Crippen molar-refractivity contribution in [1.82, 2.24) is 10.1 Å². The van der Waals surface area contributed by atoms with Gasteiger partial charge in [-0.3, -0.25) is 9.69 Å². The third kappa shape index (κ3) is 7.34. The number of rotatable bonds is 12. The Morgan fingerprint density at radius 2 is 1.77 bits per heavy atom. The summed E-state index contributed by atoms with van der Waals surface area (Å²) < 4.78 is 24.3. The number of benzene rings is 1. The van der Waals surface area contributed by atoms with E-state index in [-0.39, 0.29) is 10.9 Å². The van der Waals surface area contributed by atoms with E-state index in [9.17, 15) is 9.18 Å². The fourth-order valence-corrected chi connectivity index (χ4v) is 7.21. The molecule has 2 saturated carbocycles. The first-order chi connectivity index (χ1) is 18.9. The molecule has 6 nitrogen and oxygen atoms in total. The minimum absolute atomic E-state index is 0.101. The van der Waals surface area contributed by atoms with Crippen LogP contribution in [0.25, 0.3) is 11.0 Å². The first-order valence-electron chi connectivity index (χ1n) is 15.1. The highest BCUT2D eigenvalue weighted by molar-refractivity contribution is 6.31. The number of carbonyl (C=O) groups is 1. The highest BCUT2D eigenvalue weighted by atomic mass is 35.5. The summed E-state index contributed by atoms with van der Waals surface area (Å²) in [4.78, 5) is 17.5. The van der Waals surface area contributed by atoms with Crippen molar-refractivity contribution in [1.29, 1.82) is 0 Å². The first kappa shape index (κ1) is 28.8. The van der Waals surface area contributed by atoms with Crippen LogP contribution in [-0.4, -0.2) is 62.3 Å². The van der Waals surface area contributed by atoms with Gasteiger partial charge in [0.25, 0.3) is 0 Å². The standard InChI is InChI=1S/C31H45ClFN3O3/c1-21(29(37)17-24-15-25(16-24)20-38-2)3-4-22-5-7-23(8-6-22)9-10-35-11-13-36(14-12-35)31-26-18-27(32)28(33)19-30(26)39-34-31/h18-19,21-25H,3-17,20H2,1-2H3. The molecule has 3 aliphatic rings.